The molecule has 1 N–H and O–H groups in total. The Hall–Kier alpha value is -2.30. The molecule has 2 aromatic heterocycles. The van der Waals surface area contributed by atoms with Crippen molar-refractivity contribution in [3.63, 3.8) is 0 Å². The maximum Gasteiger partial charge on any atom is 0.232 e. The molecule has 160 valence electrons. The van der Waals surface area contributed by atoms with Crippen molar-refractivity contribution in [2.75, 3.05) is 37.5 Å². The van der Waals surface area contributed by atoms with E-state index in [1.54, 1.807) is 32.0 Å². The minimum atomic E-state index is -0.274. The quantitative estimate of drug-likeness (QED) is 0.715. The molecule has 9 nitrogen and oxygen atoms in total. The van der Waals surface area contributed by atoms with Gasteiger partial charge in [-0.2, -0.15) is 4.98 Å². The zero-order valence-corrected chi connectivity index (χ0v) is 17.9. The molecule has 4 aliphatic rings. The highest BCUT2D eigenvalue weighted by molar-refractivity contribution is 7.14. The van der Waals surface area contributed by atoms with Crippen molar-refractivity contribution >= 4 is 28.3 Å². The zero-order chi connectivity index (χ0) is 20.8. The largest absolute Gasteiger partial charge is 0.435 e. The van der Waals surface area contributed by atoms with E-state index in [0.29, 0.717) is 28.8 Å². The molecule has 0 radical (unpaired) electrons. The molecule has 3 heterocycles. The summed E-state index contributed by atoms with van der Waals surface area (Å²) in [5.74, 6) is 1.64. The van der Waals surface area contributed by atoms with Crippen molar-refractivity contribution in [3.8, 4) is 11.6 Å². The maximum atomic E-state index is 12.5. The van der Waals surface area contributed by atoms with E-state index in [9.17, 15) is 4.79 Å². The molecule has 3 aliphatic carbocycles. The summed E-state index contributed by atoms with van der Waals surface area (Å²) >= 11 is 1.34. The van der Waals surface area contributed by atoms with Crippen LogP contribution in [0.25, 0.3) is 0 Å². The highest BCUT2D eigenvalue weighted by Gasteiger charge is 2.72. The fraction of sp³-hybridized carbons (Fsp3) is 0.600. The van der Waals surface area contributed by atoms with Crippen molar-refractivity contribution in [2.24, 2.45) is 5.41 Å². The van der Waals surface area contributed by atoms with Crippen LogP contribution in [0, 0.1) is 5.41 Å². The molecule has 1 aliphatic heterocycles. The third kappa shape index (κ3) is 3.42. The van der Waals surface area contributed by atoms with Gasteiger partial charge in [0, 0.05) is 27.3 Å². The second-order valence-corrected chi connectivity index (χ2v) is 9.24. The topological polar surface area (TPSA) is 98.7 Å². The number of nitrogens with one attached hydrogen (secondary N) is 1. The van der Waals surface area contributed by atoms with Gasteiger partial charge in [-0.25, -0.2) is 9.97 Å². The average Bonchev–Trinajstić information content (AvgIpc) is 3.14. The Kier molecular flexibility index (Phi) is 4.87. The van der Waals surface area contributed by atoms with Gasteiger partial charge in [0.05, 0.1) is 34.9 Å². The van der Waals surface area contributed by atoms with Gasteiger partial charge >= 0.3 is 0 Å². The Balaban J connectivity index is 1.14. The normalized spacial score (nSPS) is 27.9. The predicted octanol–water partition coefficient (Wildman–Crippen LogP) is 2.85. The standard InChI is InChI=1S/C20H25N5O4S/c1-27-13-3-5-25(6-4-13)17-21-7-14(8-22-17)29-15-9-30-18(23-15)24-16(26)19-10-20(11-19,12-19)28-2/h7-9,13H,3-6,10-12H2,1-2H3,(H,23,24,26). The molecule has 2 bridgehead atoms. The maximum absolute atomic E-state index is 12.5. The monoisotopic (exact) mass is 431 g/mol. The lowest BCUT2D eigenvalue weighted by molar-refractivity contribution is -0.260. The number of thiazole rings is 1. The van der Waals surface area contributed by atoms with Crippen LogP contribution in [0.4, 0.5) is 11.1 Å². The Morgan fingerprint density at radius 1 is 1.20 bits per heavy atom. The molecule has 0 unspecified atom stereocenters. The third-order valence-corrected chi connectivity index (χ3v) is 7.23. The number of carbonyl (C=O) groups excluding carboxylic acids is 1. The molecule has 0 aromatic carbocycles. The molecule has 0 atom stereocenters. The number of nitrogens with zero attached hydrogens (tertiary/aromatic N) is 4. The van der Waals surface area contributed by atoms with Crippen molar-refractivity contribution in [2.45, 2.75) is 43.8 Å². The summed E-state index contributed by atoms with van der Waals surface area (Å²) in [6, 6.07) is 0. The van der Waals surface area contributed by atoms with Gasteiger partial charge in [0.1, 0.15) is 0 Å². The fourth-order valence-electron chi connectivity index (χ4n) is 4.68. The molecule has 2 aromatic rings. The van der Waals surface area contributed by atoms with Crippen molar-refractivity contribution in [1.29, 1.82) is 0 Å². The number of hydrogen-bond donors (Lipinski definition) is 1. The summed E-state index contributed by atoms with van der Waals surface area (Å²) < 4.78 is 16.6. The Morgan fingerprint density at radius 2 is 1.90 bits per heavy atom. The number of ether oxygens (including phenoxy) is 3. The lowest BCUT2D eigenvalue weighted by Gasteiger charge is -2.67. The number of hydrogen-bond acceptors (Lipinski definition) is 9. The van der Waals surface area contributed by atoms with Crippen LogP contribution in [0.5, 0.6) is 11.6 Å². The van der Waals surface area contributed by atoms with Gasteiger partial charge in [-0.1, -0.05) is 0 Å². The zero-order valence-electron chi connectivity index (χ0n) is 17.1. The van der Waals surface area contributed by atoms with E-state index in [0.717, 1.165) is 45.2 Å². The van der Waals surface area contributed by atoms with E-state index in [4.69, 9.17) is 14.2 Å². The number of rotatable bonds is 7. The second-order valence-electron chi connectivity index (χ2n) is 8.39. The number of methoxy groups -OCH3 is 2. The Morgan fingerprint density at radius 3 is 2.53 bits per heavy atom. The van der Waals surface area contributed by atoms with Gasteiger partial charge in [-0.15, -0.1) is 11.3 Å². The summed E-state index contributed by atoms with van der Waals surface area (Å²) in [5, 5.41) is 5.21. The number of aromatic nitrogens is 3. The molecule has 4 fully saturated rings. The number of carbonyl (C=O) groups is 1. The van der Waals surface area contributed by atoms with Gasteiger partial charge in [-0.05, 0) is 32.1 Å². The van der Waals surface area contributed by atoms with Gasteiger partial charge in [-0.3, -0.25) is 4.79 Å². The van der Waals surface area contributed by atoms with Crippen molar-refractivity contribution < 1.29 is 19.0 Å². The molecule has 1 saturated heterocycles. The lowest BCUT2D eigenvalue weighted by atomic mass is 9.41. The number of piperidine rings is 1. The highest BCUT2D eigenvalue weighted by Crippen LogP contribution is 2.69. The summed E-state index contributed by atoms with van der Waals surface area (Å²) in [7, 11) is 3.47. The average molecular weight is 432 g/mol. The van der Waals surface area contributed by atoms with Crippen LogP contribution in [0.2, 0.25) is 0 Å². The van der Waals surface area contributed by atoms with E-state index in [1.165, 1.54) is 11.3 Å². The summed E-state index contributed by atoms with van der Waals surface area (Å²) in [6.07, 6.45) is 7.94. The molecule has 3 saturated carbocycles. The molecule has 30 heavy (non-hydrogen) atoms. The van der Waals surface area contributed by atoms with Crippen LogP contribution < -0.4 is 15.0 Å². The Labute approximate surface area is 178 Å². The third-order valence-electron chi connectivity index (χ3n) is 6.50. The van der Waals surface area contributed by atoms with Gasteiger partial charge in [0.25, 0.3) is 0 Å². The van der Waals surface area contributed by atoms with Crippen LogP contribution in [0.3, 0.4) is 0 Å². The van der Waals surface area contributed by atoms with Gasteiger partial charge in [0.2, 0.25) is 17.7 Å². The minimum Gasteiger partial charge on any atom is -0.435 e. The second kappa shape index (κ2) is 7.44. The van der Waals surface area contributed by atoms with Crippen LogP contribution >= 0.6 is 11.3 Å². The van der Waals surface area contributed by atoms with E-state index in [2.05, 4.69) is 25.2 Å². The van der Waals surface area contributed by atoms with Crippen LogP contribution in [0.1, 0.15) is 32.1 Å². The smallest absolute Gasteiger partial charge is 0.232 e. The van der Waals surface area contributed by atoms with Gasteiger partial charge in [0.15, 0.2) is 10.9 Å². The Bertz CT molecular complexity index is 906. The van der Waals surface area contributed by atoms with Crippen LogP contribution in [-0.2, 0) is 14.3 Å². The summed E-state index contributed by atoms with van der Waals surface area (Å²) in [5.41, 5.74) is -0.329. The predicted molar refractivity (Wildman–Crippen MR) is 111 cm³/mol. The van der Waals surface area contributed by atoms with E-state index >= 15 is 0 Å². The summed E-state index contributed by atoms with van der Waals surface area (Å²) in [6.45, 7) is 1.75. The molecular formula is C20H25N5O4S. The van der Waals surface area contributed by atoms with Gasteiger partial charge < -0.3 is 24.4 Å². The molecular weight excluding hydrogens is 406 g/mol. The van der Waals surface area contributed by atoms with E-state index < -0.39 is 0 Å². The first-order valence-electron chi connectivity index (χ1n) is 10.1. The van der Waals surface area contributed by atoms with E-state index in [-0.39, 0.29) is 16.9 Å². The first-order valence-corrected chi connectivity index (χ1v) is 11.0. The number of anilines is 2. The van der Waals surface area contributed by atoms with E-state index in [1.807, 2.05) is 0 Å². The fourth-order valence-corrected chi connectivity index (χ4v) is 5.29. The highest BCUT2D eigenvalue weighted by atomic mass is 32.1. The lowest BCUT2D eigenvalue weighted by Crippen LogP contribution is -2.72. The SMILES string of the molecule is COC1CCN(c2ncc(Oc3csc(NC(=O)C45CC(OC)(C4)C5)n3)cn2)CC1. The molecule has 10 heteroatoms. The van der Waals surface area contributed by atoms with Crippen molar-refractivity contribution in [1.82, 2.24) is 15.0 Å². The first-order chi connectivity index (χ1) is 14.5. The molecule has 1 amide bonds. The van der Waals surface area contributed by atoms with Crippen LogP contribution in [-0.4, -0.2) is 59.9 Å². The molecule has 6 rings (SSSR count). The van der Waals surface area contributed by atoms with Crippen LogP contribution in [0.15, 0.2) is 17.8 Å². The first kappa shape index (κ1) is 19.7. The summed E-state index contributed by atoms with van der Waals surface area (Å²) in [4.78, 5) is 27.9. The van der Waals surface area contributed by atoms with Crippen molar-refractivity contribution in [3.05, 3.63) is 17.8 Å². The molecule has 0 spiro atoms. The number of amides is 1. The minimum absolute atomic E-state index is 0.0206.